The Morgan fingerprint density at radius 2 is 2.10 bits per heavy atom. The number of rotatable bonds is 5. The van der Waals surface area contributed by atoms with E-state index in [0.29, 0.717) is 19.0 Å². The van der Waals surface area contributed by atoms with Crippen LogP contribution in [0.3, 0.4) is 0 Å². The number of halogens is 3. The summed E-state index contributed by atoms with van der Waals surface area (Å²) < 4.78 is 39.2. The number of carbonyl (C=O) groups is 1. The summed E-state index contributed by atoms with van der Waals surface area (Å²) in [6.45, 7) is 2.21. The molecule has 1 aromatic rings. The van der Waals surface area contributed by atoms with E-state index < -0.39 is 23.3 Å². The van der Waals surface area contributed by atoms with Crippen LogP contribution in [-0.2, 0) is 6.18 Å². The van der Waals surface area contributed by atoms with E-state index in [4.69, 9.17) is 11.5 Å². The van der Waals surface area contributed by atoms with Crippen LogP contribution in [0.1, 0.15) is 29.3 Å². The Kier molecular flexibility index (Phi) is 5.03. The zero-order chi connectivity index (χ0) is 15.3. The SMILES string of the molecule is C#CCN(CCC)c1ccc(C(=O)O)cc1C(F)(F)F. The predicted molar refractivity (Wildman–Crippen MR) is 69.7 cm³/mol. The summed E-state index contributed by atoms with van der Waals surface area (Å²) >= 11 is 0. The van der Waals surface area contributed by atoms with Crippen molar-refractivity contribution in [2.24, 2.45) is 0 Å². The highest BCUT2D eigenvalue weighted by atomic mass is 19.4. The van der Waals surface area contributed by atoms with Gasteiger partial charge in [-0.1, -0.05) is 12.8 Å². The van der Waals surface area contributed by atoms with Gasteiger partial charge in [-0.15, -0.1) is 6.42 Å². The molecule has 0 amide bonds. The van der Waals surface area contributed by atoms with Gasteiger partial charge in [0, 0.05) is 12.2 Å². The van der Waals surface area contributed by atoms with Gasteiger partial charge >= 0.3 is 12.1 Å². The zero-order valence-electron chi connectivity index (χ0n) is 10.9. The van der Waals surface area contributed by atoms with E-state index in [1.54, 1.807) is 0 Å². The average molecular weight is 285 g/mol. The van der Waals surface area contributed by atoms with Crippen LogP contribution in [-0.4, -0.2) is 24.2 Å². The number of hydrogen-bond donors (Lipinski definition) is 1. The van der Waals surface area contributed by atoms with Crippen molar-refractivity contribution < 1.29 is 23.1 Å². The molecule has 6 heteroatoms. The van der Waals surface area contributed by atoms with Gasteiger partial charge in [-0.05, 0) is 24.6 Å². The molecule has 1 rings (SSSR count). The topological polar surface area (TPSA) is 40.5 Å². The first-order valence-corrected chi connectivity index (χ1v) is 5.94. The molecule has 0 fully saturated rings. The number of aromatic carboxylic acids is 1. The first-order chi connectivity index (χ1) is 9.31. The van der Waals surface area contributed by atoms with Gasteiger partial charge in [0.2, 0.25) is 0 Å². The molecule has 0 aliphatic carbocycles. The first-order valence-electron chi connectivity index (χ1n) is 5.94. The van der Waals surface area contributed by atoms with Gasteiger partial charge in [-0.2, -0.15) is 13.2 Å². The molecule has 3 nitrogen and oxygen atoms in total. The Morgan fingerprint density at radius 3 is 2.55 bits per heavy atom. The highest BCUT2D eigenvalue weighted by Gasteiger charge is 2.35. The van der Waals surface area contributed by atoms with Crippen LogP contribution < -0.4 is 4.90 Å². The lowest BCUT2D eigenvalue weighted by Crippen LogP contribution is -2.27. The molecular weight excluding hydrogens is 271 g/mol. The van der Waals surface area contributed by atoms with E-state index in [1.165, 1.54) is 4.90 Å². The number of carboxylic acid groups (broad SMARTS) is 1. The molecule has 1 aromatic carbocycles. The number of alkyl halides is 3. The molecule has 0 saturated carbocycles. The third kappa shape index (κ3) is 3.67. The van der Waals surface area contributed by atoms with Gasteiger partial charge in [-0.25, -0.2) is 4.79 Å². The van der Waals surface area contributed by atoms with E-state index in [-0.39, 0.29) is 12.2 Å². The van der Waals surface area contributed by atoms with Crippen LogP contribution in [0, 0.1) is 12.3 Å². The number of anilines is 1. The van der Waals surface area contributed by atoms with Crippen molar-refractivity contribution in [2.45, 2.75) is 19.5 Å². The molecule has 0 radical (unpaired) electrons. The van der Waals surface area contributed by atoms with Crippen LogP contribution in [0.15, 0.2) is 18.2 Å². The number of nitrogens with zero attached hydrogens (tertiary/aromatic N) is 1. The predicted octanol–water partition coefficient (Wildman–Crippen LogP) is 3.25. The maximum Gasteiger partial charge on any atom is 0.418 e. The smallest absolute Gasteiger partial charge is 0.418 e. The van der Waals surface area contributed by atoms with E-state index >= 15 is 0 Å². The van der Waals surface area contributed by atoms with E-state index in [9.17, 15) is 18.0 Å². The summed E-state index contributed by atoms with van der Waals surface area (Å²) in [5.41, 5.74) is -1.48. The minimum atomic E-state index is -4.64. The summed E-state index contributed by atoms with van der Waals surface area (Å²) in [5, 5.41) is 8.80. The summed E-state index contributed by atoms with van der Waals surface area (Å²) in [4.78, 5) is 12.2. The molecule has 0 heterocycles. The van der Waals surface area contributed by atoms with Gasteiger partial charge in [0.1, 0.15) is 0 Å². The molecule has 20 heavy (non-hydrogen) atoms. The Balaban J connectivity index is 3.37. The van der Waals surface area contributed by atoms with Crippen molar-refractivity contribution in [2.75, 3.05) is 18.0 Å². The lowest BCUT2D eigenvalue weighted by molar-refractivity contribution is -0.137. The molecule has 0 atom stereocenters. The Hall–Kier alpha value is -2.16. The fourth-order valence-electron chi connectivity index (χ4n) is 1.84. The molecule has 0 spiro atoms. The Bertz CT molecular complexity index is 532. The normalized spacial score (nSPS) is 10.9. The highest BCUT2D eigenvalue weighted by Crippen LogP contribution is 2.37. The minimum Gasteiger partial charge on any atom is -0.478 e. The number of benzene rings is 1. The lowest BCUT2D eigenvalue weighted by Gasteiger charge is -2.25. The van der Waals surface area contributed by atoms with Gasteiger partial charge < -0.3 is 10.0 Å². The van der Waals surface area contributed by atoms with Crippen molar-refractivity contribution in [3.8, 4) is 12.3 Å². The molecule has 0 aromatic heterocycles. The van der Waals surface area contributed by atoms with Crippen molar-refractivity contribution in [1.29, 1.82) is 0 Å². The summed E-state index contributed by atoms with van der Waals surface area (Å²) in [6.07, 6.45) is 1.15. The van der Waals surface area contributed by atoms with E-state index in [1.807, 2.05) is 6.92 Å². The van der Waals surface area contributed by atoms with Crippen molar-refractivity contribution in [3.63, 3.8) is 0 Å². The Labute approximate surface area is 115 Å². The third-order valence-electron chi connectivity index (χ3n) is 2.67. The monoisotopic (exact) mass is 285 g/mol. The quantitative estimate of drug-likeness (QED) is 0.844. The highest BCUT2D eigenvalue weighted by molar-refractivity contribution is 5.88. The standard InChI is InChI=1S/C14H14F3NO2/c1-3-7-18(8-4-2)12-6-5-10(13(19)20)9-11(12)14(15,16)17/h1,5-6,9H,4,7-8H2,2H3,(H,19,20). The third-order valence-corrected chi connectivity index (χ3v) is 2.67. The van der Waals surface area contributed by atoms with Gasteiger partial charge in [0.15, 0.2) is 0 Å². The van der Waals surface area contributed by atoms with Gasteiger partial charge in [-0.3, -0.25) is 0 Å². The second kappa shape index (κ2) is 6.33. The average Bonchev–Trinajstić information content (AvgIpc) is 2.36. The molecule has 1 N–H and O–H groups in total. The number of hydrogen-bond acceptors (Lipinski definition) is 2. The first kappa shape index (κ1) is 15.9. The zero-order valence-corrected chi connectivity index (χ0v) is 10.9. The summed E-state index contributed by atoms with van der Waals surface area (Å²) in [6, 6.07) is 2.93. The van der Waals surface area contributed by atoms with Gasteiger partial charge in [0.25, 0.3) is 0 Å². The number of terminal acetylenes is 1. The summed E-state index contributed by atoms with van der Waals surface area (Å²) in [7, 11) is 0. The molecule has 0 aliphatic heterocycles. The summed E-state index contributed by atoms with van der Waals surface area (Å²) in [5.74, 6) is 0.908. The molecular formula is C14H14F3NO2. The molecule has 0 unspecified atom stereocenters. The maximum absolute atomic E-state index is 13.1. The molecule has 0 bridgehead atoms. The molecule has 0 aliphatic rings. The second-order valence-corrected chi connectivity index (χ2v) is 4.16. The van der Waals surface area contributed by atoms with Crippen molar-refractivity contribution >= 4 is 11.7 Å². The Morgan fingerprint density at radius 1 is 1.45 bits per heavy atom. The lowest BCUT2D eigenvalue weighted by atomic mass is 10.1. The maximum atomic E-state index is 13.1. The van der Waals surface area contributed by atoms with E-state index in [0.717, 1.165) is 12.1 Å². The van der Waals surface area contributed by atoms with Crippen LogP contribution in [0.2, 0.25) is 0 Å². The van der Waals surface area contributed by atoms with Gasteiger partial charge in [0.05, 0.1) is 17.7 Å². The fraction of sp³-hybridized carbons (Fsp3) is 0.357. The molecule has 108 valence electrons. The van der Waals surface area contributed by atoms with Crippen molar-refractivity contribution in [1.82, 2.24) is 0 Å². The van der Waals surface area contributed by atoms with E-state index in [2.05, 4.69) is 5.92 Å². The molecule has 0 saturated heterocycles. The van der Waals surface area contributed by atoms with Crippen molar-refractivity contribution in [3.05, 3.63) is 29.3 Å². The minimum absolute atomic E-state index is 0.0311. The largest absolute Gasteiger partial charge is 0.478 e. The number of carboxylic acids is 1. The van der Waals surface area contributed by atoms with Crippen LogP contribution in [0.5, 0.6) is 0 Å². The van der Waals surface area contributed by atoms with Crippen LogP contribution in [0.4, 0.5) is 18.9 Å². The second-order valence-electron chi connectivity index (χ2n) is 4.16. The van der Waals surface area contributed by atoms with Crippen LogP contribution >= 0.6 is 0 Å². The van der Waals surface area contributed by atoms with Crippen LogP contribution in [0.25, 0.3) is 0 Å². The fourth-order valence-corrected chi connectivity index (χ4v) is 1.84.